The van der Waals surface area contributed by atoms with E-state index in [4.69, 9.17) is 100 Å². The van der Waals surface area contributed by atoms with Crippen molar-refractivity contribution < 1.29 is 101 Å². The molecule has 4 aliphatic rings. The van der Waals surface area contributed by atoms with Gasteiger partial charge in [-0.3, -0.25) is 5.26 Å². The van der Waals surface area contributed by atoms with Gasteiger partial charge in [0, 0.05) is 58.0 Å². The van der Waals surface area contributed by atoms with Crippen LogP contribution in [0.3, 0.4) is 0 Å². The number of rotatable bonds is 14. The molecule has 0 amide bonds. The number of hydrogen-bond donors (Lipinski definition) is 8. The molecule has 670 valence electrons. The van der Waals surface area contributed by atoms with Crippen molar-refractivity contribution in [1.82, 2.24) is 35.3 Å². The first kappa shape index (κ1) is 103. The Morgan fingerprint density at radius 2 is 0.764 bits per heavy atom. The molecule has 10 aromatic rings. The SMILES string of the molecule is CC(C)(C)OO.CN.CN1C(=S)C(c2ccc(OC(F)(F)F)cc2)(c2cccc(-c3cccnc3F)c2)N=C1N.CN1C(=S)C(c2ccc(OC(F)(F)F)cc2)(c2cccc(Br)c2)N=C1N.CN1C(=S)NC(c2ccc(OC(F)(F)F)cc2)(c2cccc(Br)c2)C1=S.FC(F)(F)Oc1ccc(C2(c3cccc(Br)c3)NC(=S)SC2=S)cc1.OB(O)c1cccnc1F. The van der Waals surface area contributed by atoms with Gasteiger partial charge >= 0.3 is 32.6 Å². The molecule has 0 aliphatic carbocycles. The number of nitrogens with one attached hydrogen (secondary N) is 2. The Kier molecular flexibility index (Phi) is 34.6. The number of nitrogens with two attached hydrogens (primary N) is 3. The van der Waals surface area contributed by atoms with Crippen molar-refractivity contribution in [1.29, 1.82) is 0 Å². The Morgan fingerprint density at radius 3 is 1.07 bits per heavy atom. The molecule has 2 saturated heterocycles. The minimum absolute atomic E-state index is 0.142. The lowest BCUT2D eigenvalue weighted by Crippen LogP contribution is -2.44. The number of aliphatic imine (C=N–C) groups is 2. The van der Waals surface area contributed by atoms with Crippen molar-refractivity contribution in [3.05, 3.63) is 301 Å². The number of thiocarbonyl (C=S) groups is 6. The number of pyridine rings is 2. The van der Waals surface area contributed by atoms with E-state index in [1.807, 2.05) is 72.8 Å². The largest absolute Gasteiger partial charge is 0.573 e. The molecule has 4 atom stereocenters. The van der Waals surface area contributed by atoms with E-state index in [2.05, 4.69) is 108 Å². The van der Waals surface area contributed by atoms with Crippen LogP contribution in [0.4, 0.5) is 61.5 Å². The summed E-state index contributed by atoms with van der Waals surface area (Å²) in [6.07, 6.45) is -16.5. The summed E-state index contributed by atoms with van der Waals surface area (Å²) in [7, 11) is 4.81. The molecule has 45 heteroatoms. The highest BCUT2D eigenvalue weighted by atomic mass is 79.9. The summed E-state index contributed by atoms with van der Waals surface area (Å²) in [5.41, 5.74) is 17.9. The van der Waals surface area contributed by atoms with Crippen LogP contribution in [-0.2, 0) is 27.0 Å². The number of aromatic nitrogens is 2. The molecule has 2 fully saturated rings. The molecule has 4 aliphatic heterocycles. The van der Waals surface area contributed by atoms with E-state index in [1.165, 1.54) is 121 Å². The van der Waals surface area contributed by atoms with Crippen molar-refractivity contribution in [2.45, 2.75) is 74.0 Å². The minimum Gasteiger partial charge on any atom is -0.423 e. The van der Waals surface area contributed by atoms with Gasteiger partial charge in [-0.05, 0) is 199 Å². The van der Waals surface area contributed by atoms with Gasteiger partial charge in [0.05, 0.1) is 9.80 Å². The van der Waals surface area contributed by atoms with Crippen LogP contribution in [0.25, 0.3) is 11.1 Å². The van der Waals surface area contributed by atoms with Crippen molar-refractivity contribution in [2.75, 3.05) is 28.2 Å². The van der Waals surface area contributed by atoms with Crippen LogP contribution in [-0.4, -0.2) is 147 Å². The van der Waals surface area contributed by atoms with Crippen LogP contribution >= 0.6 is 133 Å². The van der Waals surface area contributed by atoms with Gasteiger partial charge in [0.15, 0.2) is 28.1 Å². The molecular formula is C82H70BBr3F14N12O8S7. The molecule has 0 bridgehead atoms. The number of alkyl halides is 12. The number of likely N-dealkylation sites (N-methyl/N-ethyl adjacent to an activating group) is 3. The van der Waals surface area contributed by atoms with Crippen molar-refractivity contribution in [3.63, 3.8) is 0 Å². The predicted molar refractivity (Wildman–Crippen MR) is 491 cm³/mol. The molecule has 0 spiro atoms. The standard InChI is InChI=1S/C22H16F4N4OS.C17H13BrF3N3OS.C17H12BrF3N2OS2.C16H9BrF3NOS3.C5H5BFNO2.C4H10O2.CH5N/c1-30-19(32)21(29-20(30)27,14-7-9-16(10-8-14)31-22(24,25)26)15-5-2-4-13(12-15)17-6-3-11-28-18(17)23;1-24-14(26)16(23-15(24)22,11-3-2-4-12(18)9-11)10-5-7-13(8-6-10)25-17(19,20)21;1-23-14(25)16(22-15(23)26,11-3-2-4-12(18)9-11)10-5-7-13(8-6-10)24-17(19,20)21;17-11-3-1-2-10(8-11)15(13(23)25-14(24)21-15)9-4-6-12(7-5-9)22-16(18,19)20;7-5-4(6(9)10)2-1-3-8-5;1-4(2,3)6-5;1-2/h2-12H,1H3,(H2,27,29);2-9H,1H3,(H2,22,23);2-9H,1H3,(H,22,26);1-8H,(H,21,24);1-3,9-10H;5H,1-3H3;2H2,1H3. The van der Waals surface area contributed by atoms with Gasteiger partial charge in [-0.1, -0.05) is 230 Å². The summed E-state index contributed by atoms with van der Waals surface area (Å²) in [6, 6.07) is 57.1. The maximum atomic E-state index is 14.3. The second-order valence-electron chi connectivity index (χ2n) is 27.4. The summed E-state index contributed by atoms with van der Waals surface area (Å²) in [4.78, 5) is 26.0. The minimum atomic E-state index is -4.81. The van der Waals surface area contributed by atoms with Crippen LogP contribution in [0, 0.1) is 11.9 Å². The monoisotopic (exact) mass is 2090 g/mol. The maximum absolute atomic E-state index is 14.3. The van der Waals surface area contributed by atoms with E-state index in [-0.39, 0.29) is 45.9 Å². The lowest BCUT2D eigenvalue weighted by molar-refractivity contribution is -0.306. The highest BCUT2D eigenvalue weighted by Crippen LogP contribution is 2.47. The van der Waals surface area contributed by atoms with Crippen LogP contribution in [0.5, 0.6) is 23.0 Å². The average molecular weight is 2090 g/mol. The molecule has 0 saturated carbocycles. The lowest BCUT2D eigenvalue weighted by Gasteiger charge is -2.30. The molecule has 20 nitrogen and oxygen atoms in total. The summed E-state index contributed by atoms with van der Waals surface area (Å²) < 4.78 is 195. The lowest BCUT2D eigenvalue weighted by atomic mass is 9.81. The second kappa shape index (κ2) is 42.8. The topological polar surface area (TPSA) is 269 Å². The Labute approximate surface area is 779 Å². The predicted octanol–water partition coefficient (Wildman–Crippen LogP) is 18.8. The zero-order valence-electron chi connectivity index (χ0n) is 66.5. The van der Waals surface area contributed by atoms with Gasteiger partial charge in [-0.2, -0.15) is 8.78 Å². The van der Waals surface area contributed by atoms with Gasteiger partial charge in [0.2, 0.25) is 11.9 Å². The molecule has 127 heavy (non-hydrogen) atoms. The van der Waals surface area contributed by atoms with Crippen LogP contribution in [0.15, 0.2) is 254 Å². The fourth-order valence-corrected chi connectivity index (χ4v) is 16.9. The molecular weight excluding hydrogens is 2020 g/mol. The van der Waals surface area contributed by atoms with Gasteiger partial charge in [-0.15, -0.1) is 52.7 Å². The molecule has 11 N–H and O–H groups in total. The number of ether oxygens (including phenoxy) is 4. The highest BCUT2D eigenvalue weighted by molar-refractivity contribution is 9.11. The van der Waals surface area contributed by atoms with Gasteiger partial charge in [0.25, 0.3) is 0 Å². The van der Waals surface area contributed by atoms with Crippen LogP contribution in [0.2, 0.25) is 0 Å². The fourth-order valence-electron chi connectivity index (χ4n) is 12.4. The fraction of sp³-hybridized carbons (Fsp3) is 0.195. The van der Waals surface area contributed by atoms with Gasteiger partial charge in [-0.25, -0.2) is 24.8 Å². The summed E-state index contributed by atoms with van der Waals surface area (Å²) >= 11 is 44.6. The van der Waals surface area contributed by atoms with Crippen molar-refractivity contribution in [3.8, 4) is 34.1 Å². The molecule has 0 radical (unpaired) electrons. The number of nitrogens with zero attached hydrogens (tertiary/aromatic N) is 7. The summed E-state index contributed by atoms with van der Waals surface area (Å²) in [5.74, 6) is -2.41. The Bertz CT molecular complexity index is 5690. The smallest absolute Gasteiger partial charge is 0.423 e. The second-order valence-corrected chi connectivity index (χ2v) is 34.0. The first-order valence-electron chi connectivity index (χ1n) is 36.1. The van der Waals surface area contributed by atoms with E-state index in [1.54, 1.807) is 112 Å². The third kappa shape index (κ3) is 25.7. The van der Waals surface area contributed by atoms with Crippen LogP contribution in [0.1, 0.15) is 65.3 Å². The highest BCUT2D eigenvalue weighted by Gasteiger charge is 2.51. The number of guanidine groups is 2. The first-order chi connectivity index (χ1) is 59.4. The zero-order chi connectivity index (χ0) is 94.3. The average Bonchev–Trinajstić information content (AvgIpc) is 1.64. The maximum Gasteiger partial charge on any atom is 0.573 e. The molecule has 8 aromatic carbocycles. The number of benzene rings is 8. The van der Waals surface area contributed by atoms with Crippen molar-refractivity contribution >= 4 is 186 Å². The number of thioether (sulfide) groups is 1. The molecule has 2 aromatic heterocycles. The van der Waals surface area contributed by atoms with Gasteiger partial charge in [0.1, 0.15) is 53.4 Å². The third-order valence-electron chi connectivity index (χ3n) is 18.0. The van der Waals surface area contributed by atoms with Gasteiger partial charge < -0.3 is 71.5 Å². The summed E-state index contributed by atoms with van der Waals surface area (Å²) in [5, 5.41) is 31.7. The normalized spacial score (nSPS) is 18.4. The van der Waals surface area contributed by atoms with E-state index < -0.39 is 72.2 Å². The van der Waals surface area contributed by atoms with Crippen LogP contribution < -0.4 is 52.2 Å². The molecule has 6 heterocycles. The molecule has 14 rings (SSSR count). The Morgan fingerprint density at radius 1 is 0.425 bits per heavy atom. The quantitative estimate of drug-likeness (QED) is 0.0126. The van der Waals surface area contributed by atoms with E-state index in [0.717, 1.165) is 30.1 Å². The van der Waals surface area contributed by atoms with E-state index in [9.17, 15) is 61.5 Å². The first-order valence-corrected chi connectivity index (χ1v) is 41.7. The van der Waals surface area contributed by atoms with E-state index >= 15 is 0 Å². The molecule has 4 unspecified atom stereocenters. The summed E-state index contributed by atoms with van der Waals surface area (Å²) in [6.45, 7) is 5.31. The number of halogens is 17. The Hall–Kier alpha value is -9.59. The number of hydrogen-bond acceptors (Lipinski definition) is 22. The van der Waals surface area contributed by atoms with Crippen molar-refractivity contribution in [2.24, 2.45) is 27.2 Å². The van der Waals surface area contributed by atoms with E-state index in [0.29, 0.717) is 62.0 Å². The Balaban J connectivity index is 0.000000197. The zero-order valence-corrected chi connectivity index (χ0v) is 77.0. The third-order valence-corrected chi connectivity index (χ3v) is 23.2.